The van der Waals surface area contributed by atoms with E-state index in [4.69, 9.17) is 11.6 Å². The Morgan fingerprint density at radius 3 is 2.00 bits per heavy atom. The Labute approximate surface area is 120 Å². The highest BCUT2D eigenvalue weighted by atomic mass is 35.5. The summed E-state index contributed by atoms with van der Waals surface area (Å²) in [5.74, 6) is 0. The molecule has 2 aromatic rings. The van der Waals surface area contributed by atoms with Crippen LogP contribution in [0, 0.1) is 0 Å². The third-order valence-electron chi connectivity index (χ3n) is 2.92. The Morgan fingerprint density at radius 1 is 0.950 bits per heavy atom. The average Bonchev–Trinajstić information content (AvgIpc) is 2.39. The van der Waals surface area contributed by atoms with E-state index in [0.29, 0.717) is 5.02 Å². The SMILES string of the molecule is CC(=Cc1ccc(C(F)(F)F)cc1)c1ccc(Cl)cc1. The minimum absolute atomic E-state index is 0.640. The average molecular weight is 297 g/mol. The van der Waals surface area contributed by atoms with Gasteiger partial charge in [-0.15, -0.1) is 0 Å². The number of halogens is 4. The zero-order valence-corrected chi connectivity index (χ0v) is 11.5. The Kier molecular flexibility index (Phi) is 4.19. The van der Waals surface area contributed by atoms with Crippen molar-refractivity contribution in [3.63, 3.8) is 0 Å². The third kappa shape index (κ3) is 3.64. The molecule has 0 bridgehead atoms. The predicted molar refractivity (Wildman–Crippen MR) is 76.4 cm³/mol. The number of hydrogen-bond donors (Lipinski definition) is 0. The highest BCUT2D eigenvalue weighted by Crippen LogP contribution is 2.29. The number of benzene rings is 2. The molecule has 0 saturated carbocycles. The first kappa shape index (κ1) is 14.7. The molecule has 0 amide bonds. The second kappa shape index (κ2) is 5.71. The smallest absolute Gasteiger partial charge is 0.166 e. The van der Waals surface area contributed by atoms with Gasteiger partial charge < -0.3 is 0 Å². The van der Waals surface area contributed by atoms with Crippen LogP contribution in [0.2, 0.25) is 5.02 Å². The van der Waals surface area contributed by atoms with Crippen molar-refractivity contribution in [2.75, 3.05) is 0 Å². The standard InChI is InChI=1S/C16H12ClF3/c1-11(13-4-8-15(17)9-5-13)10-12-2-6-14(7-3-12)16(18,19)20/h2-10H,1H3. The van der Waals surface area contributed by atoms with Crippen LogP contribution >= 0.6 is 11.6 Å². The van der Waals surface area contributed by atoms with Crippen LogP contribution in [0.1, 0.15) is 23.6 Å². The van der Waals surface area contributed by atoms with E-state index < -0.39 is 11.7 Å². The van der Waals surface area contributed by atoms with Crippen LogP contribution < -0.4 is 0 Å². The summed E-state index contributed by atoms with van der Waals surface area (Å²) in [6, 6.07) is 12.4. The van der Waals surface area contributed by atoms with Crippen molar-refractivity contribution in [2.24, 2.45) is 0 Å². The van der Waals surface area contributed by atoms with E-state index >= 15 is 0 Å². The van der Waals surface area contributed by atoms with Gasteiger partial charge in [-0.05, 0) is 47.9 Å². The molecule has 0 nitrogen and oxygen atoms in total. The molecule has 2 aromatic carbocycles. The summed E-state index contributed by atoms with van der Waals surface area (Å²) in [4.78, 5) is 0. The van der Waals surface area contributed by atoms with Gasteiger partial charge in [-0.1, -0.05) is 41.9 Å². The first-order valence-corrected chi connectivity index (χ1v) is 6.35. The number of alkyl halides is 3. The molecule has 0 N–H and O–H groups in total. The molecule has 20 heavy (non-hydrogen) atoms. The molecular formula is C16H12ClF3. The quantitative estimate of drug-likeness (QED) is 0.603. The van der Waals surface area contributed by atoms with Crippen LogP contribution in [0.4, 0.5) is 13.2 Å². The fraction of sp³-hybridized carbons (Fsp3) is 0.125. The molecule has 0 spiro atoms. The molecule has 4 heteroatoms. The maximum Gasteiger partial charge on any atom is 0.416 e. The van der Waals surface area contributed by atoms with E-state index in [-0.39, 0.29) is 0 Å². The van der Waals surface area contributed by atoms with E-state index in [1.54, 1.807) is 12.1 Å². The van der Waals surface area contributed by atoms with Crippen LogP contribution in [0.5, 0.6) is 0 Å². The van der Waals surface area contributed by atoms with Crippen molar-refractivity contribution in [1.82, 2.24) is 0 Å². The van der Waals surface area contributed by atoms with E-state index in [0.717, 1.165) is 28.8 Å². The molecule has 0 heterocycles. The van der Waals surface area contributed by atoms with Crippen LogP contribution in [0.25, 0.3) is 11.6 Å². The highest BCUT2D eigenvalue weighted by molar-refractivity contribution is 6.30. The maximum atomic E-state index is 12.5. The largest absolute Gasteiger partial charge is 0.416 e. The lowest BCUT2D eigenvalue weighted by atomic mass is 10.0. The van der Waals surface area contributed by atoms with Gasteiger partial charge in [-0.25, -0.2) is 0 Å². The van der Waals surface area contributed by atoms with Crippen molar-refractivity contribution in [1.29, 1.82) is 0 Å². The highest BCUT2D eigenvalue weighted by Gasteiger charge is 2.29. The molecule has 2 rings (SSSR count). The molecule has 0 unspecified atom stereocenters. The van der Waals surface area contributed by atoms with Crippen LogP contribution in [-0.4, -0.2) is 0 Å². The molecule has 0 atom stereocenters. The van der Waals surface area contributed by atoms with Crippen molar-refractivity contribution >= 4 is 23.3 Å². The van der Waals surface area contributed by atoms with E-state index in [1.165, 1.54) is 12.1 Å². The molecule has 0 aliphatic heterocycles. The fourth-order valence-corrected chi connectivity index (χ4v) is 1.94. The van der Waals surface area contributed by atoms with Crippen molar-refractivity contribution in [3.8, 4) is 0 Å². The van der Waals surface area contributed by atoms with Crippen LogP contribution in [0.3, 0.4) is 0 Å². The summed E-state index contributed by atoms with van der Waals surface area (Å²) < 4.78 is 37.4. The minimum Gasteiger partial charge on any atom is -0.166 e. The summed E-state index contributed by atoms with van der Waals surface area (Å²) in [6.45, 7) is 1.90. The topological polar surface area (TPSA) is 0 Å². The maximum absolute atomic E-state index is 12.5. The van der Waals surface area contributed by atoms with E-state index in [1.807, 2.05) is 25.1 Å². The molecule has 0 aromatic heterocycles. The molecular weight excluding hydrogens is 285 g/mol. The lowest BCUT2D eigenvalue weighted by molar-refractivity contribution is -0.137. The summed E-state index contributed by atoms with van der Waals surface area (Å²) in [6.07, 6.45) is -2.46. The third-order valence-corrected chi connectivity index (χ3v) is 3.17. The monoisotopic (exact) mass is 296 g/mol. The molecule has 0 aliphatic carbocycles. The second-order valence-electron chi connectivity index (χ2n) is 4.45. The molecule has 104 valence electrons. The van der Waals surface area contributed by atoms with Gasteiger partial charge in [-0.2, -0.15) is 13.2 Å². The first-order chi connectivity index (χ1) is 9.36. The van der Waals surface area contributed by atoms with Crippen molar-refractivity contribution < 1.29 is 13.2 Å². The normalized spacial score (nSPS) is 12.6. The lowest BCUT2D eigenvalue weighted by Gasteiger charge is -2.07. The van der Waals surface area contributed by atoms with Gasteiger partial charge in [0.1, 0.15) is 0 Å². The fourth-order valence-electron chi connectivity index (χ4n) is 1.81. The zero-order valence-electron chi connectivity index (χ0n) is 10.7. The van der Waals surface area contributed by atoms with Gasteiger partial charge in [0.2, 0.25) is 0 Å². The van der Waals surface area contributed by atoms with Crippen LogP contribution in [-0.2, 0) is 6.18 Å². The van der Waals surface area contributed by atoms with Gasteiger partial charge in [-0.3, -0.25) is 0 Å². The molecule has 0 saturated heterocycles. The van der Waals surface area contributed by atoms with Crippen molar-refractivity contribution in [2.45, 2.75) is 13.1 Å². The molecule has 0 radical (unpaired) electrons. The van der Waals surface area contributed by atoms with Gasteiger partial charge in [0.05, 0.1) is 5.56 Å². The van der Waals surface area contributed by atoms with Crippen molar-refractivity contribution in [3.05, 3.63) is 70.2 Å². The number of rotatable bonds is 2. The zero-order chi connectivity index (χ0) is 14.8. The van der Waals surface area contributed by atoms with Gasteiger partial charge in [0.15, 0.2) is 0 Å². The Hall–Kier alpha value is -1.74. The summed E-state index contributed by atoms with van der Waals surface area (Å²) >= 11 is 5.81. The Balaban J connectivity index is 2.24. The minimum atomic E-state index is -4.30. The van der Waals surface area contributed by atoms with Crippen LogP contribution in [0.15, 0.2) is 48.5 Å². The Morgan fingerprint density at radius 2 is 1.50 bits per heavy atom. The van der Waals surface area contributed by atoms with E-state index in [2.05, 4.69) is 0 Å². The summed E-state index contributed by atoms with van der Waals surface area (Å²) in [5, 5.41) is 0.649. The van der Waals surface area contributed by atoms with E-state index in [9.17, 15) is 13.2 Å². The van der Waals surface area contributed by atoms with Gasteiger partial charge in [0, 0.05) is 5.02 Å². The second-order valence-corrected chi connectivity index (χ2v) is 4.89. The molecule has 0 fully saturated rings. The summed E-state index contributed by atoms with van der Waals surface area (Å²) in [5.41, 5.74) is 2.03. The van der Waals surface area contributed by atoms with Gasteiger partial charge in [0.25, 0.3) is 0 Å². The first-order valence-electron chi connectivity index (χ1n) is 5.98. The number of allylic oxidation sites excluding steroid dienone is 1. The predicted octanol–water partition coefficient (Wildman–Crippen LogP) is 5.92. The summed E-state index contributed by atoms with van der Waals surface area (Å²) in [7, 11) is 0. The lowest BCUT2D eigenvalue weighted by Crippen LogP contribution is -2.03. The Bertz CT molecular complexity index is 608. The molecule has 0 aliphatic rings. The number of hydrogen-bond acceptors (Lipinski definition) is 0. The van der Waals surface area contributed by atoms with Gasteiger partial charge >= 0.3 is 6.18 Å².